The monoisotopic (exact) mass is 907 g/mol. The van der Waals surface area contributed by atoms with Crippen molar-refractivity contribution in [2.45, 2.75) is 26.2 Å². The van der Waals surface area contributed by atoms with Crippen molar-refractivity contribution in [1.29, 1.82) is 0 Å². The van der Waals surface area contributed by atoms with Gasteiger partial charge in [0, 0.05) is 66.2 Å². The minimum atomic E-state index is -0.445. The van der Waals surface area contributed by atoms with Crippen molar-refractivity contribution in [2.75, 3.05) is 4.90 Å². The molecule has 70 heavy (non-hydrogen) atoms. The molecular weight excluding hydrogens is 863 g/mol. The number of anilines is 3. The van der Waals surface area contributed by atoms with E-state index in [4.69, 9.17) is 8.83 Å². The summed E-state index contributed by atoms with van der Waals surface area (Å²) < 4.78 is 12.9. The number of benzene rings is 10. The number of hydrogen-bond acceptors (Lipinski definition) is 6. The molecule has 0 amide bonds. The highest BCUT2D eigenvalue weighted by Crippen LogP contribution is 2.57. The molecule has 336 valence electrons. The molecule has 1 aliphatic rings. The normalized spacial score (nSPS) is 12.8. The lowest BCUT2D eigenvalue weighted by molar-refractivity contribution is 0.399. The molecule has 0 bridgehead atoms. The molecule has 1 aliphatic carbocycles. The molecule has 10 aromatic carbocycles. The predicted molar refractivity (Wildman–Crippen MR) is 285 cm³/mol. The molecule has 13 rings (SSSR count). The van der Waals surface area contributed by atoms with Crippen LogP contribution in [0.1, 0.15) is 30.5 Å². The van der Waals surface area contributed by atoms with Gasteiger partial charge in [-0.1, -0.05) is 172 Å². The predicted octanol–water partition coefficient (Wildman–Crippen LogP) is 17.4. The van der Waals surface area contributed by atoms with Gasteiger partial charge in [0.05, 0.1) is 11.3 Å². The summed E-state index contributed by atoms with van der Waals surface area (Å²) in [4.78, 5) is 2.20. The zero-order valence-corrected chi connectivity index (χ0v) is 38.7. The number of furan rings is 2. The highest BCUT2D eigenvalue weighted by Gasteiger charge is 2.36. The fourth-order valence-corrected chi connectivity index (χ4v) is 11.1. The van der Waals surface area contributed by atoms with Gasteiger partial charge < -0.3 is 29.1 Å². The van der Waals surface area contributed by atoms with Crippen molar-refractivity contribution in [1.82, 2.24) is 0 Å². The number of para-hydroxylation sites is 4. The number of phenols is 3. The van der Waals surface area contributed by atoms with Gasteiger partial charge in [0.1, 0.15) is 28.1 Å². The van der Waals surface area contributed by atoms with Gasteiger partial charge in [0.2, 0.25) is 0 Å². The van der Waals surface area contributed by atoms with Crippen molar-refractivity contribution >= 4 is 60.9 Å². The Hall–Kier alpha value is -9.00. The fourth-order valence-electron chi connectivity index (χ4n) is 11.1. The summed E-state index contributed by atoms with van der Waals surface area (Å²) in [6.07, 6.45) is 0. The second kappa shape index (κ2) is 15.5. The summed E-state index contributed by atoms with van der Waals surface area (Å²) in [6.45, 7) is 6.32. The van der Waals surface area contributed by atoms with Crippen LogP contribution in [0, 0.1) is 6.92 Å². The first-order chi connectivity index (χ1) is 34.2. The van der Waals surface area contributed by atoms with Crippen molar-refractivity contribution in [3.8, 4) is 72.9 Å². The molecule has 0 fully saturated rings. The molecule has 2 heterocycles. The molecule has 6 nitrogen and oxygen atoms in total. The van der Waals surface area contributed by atoms with E-state index in [9.17, 15) is 15.3 Å². The third kappa shape index (κ3) is 6.13. The largest absolute Gasteiger partial charge is 0.507 e. The van der Waals surface area contributed by atoms with Gasteiger partial charge in [-0.2, -0.15) is 0 Å². The Balaban J connectivity index is 1.04. The van der Waals surface area contributed by atoms with Crippen molar-refractivity contribution in [2.24, 2.45) is 0 Å². The highest BCUT2D eigenvalue weighted by molar-refractivity contribution is 6.12. The second-order valence-corrected chi connectivity index (χ2v) is 18.9. The van der Waals surface area contributed by atoms with E-state index in [1.807, 2.05) is 91.0 Å². The first kappa shape index (κ1) is 41.2. The molecule has 0 aliphatic heterocycles. The van der Waals surface area contributed by atoms with Crippen LogP contribution in [-0.4, -0.2) is 15.3 Å². The van der Waals surface area contributed by atoms with E-state index in [0.29, 0.717) is 33.5 Å². The Morgan fingerprint density at radius 3 is 1.63 bits per heavy atom. The Morgan fingerprint density at radius 1 is 0.386 bits per heavy atom. The Morgan fingerprint density at radius 2 is 0.914 bits per heavy atom. The summed E-state index contributed by atoms with van der Waals surface area (Å²) in [7, 11) is 0. The zero-order chi connectivity index (χ0) is 47.4. The average molecular weight is 908 g/mol. The van der Waals surface area contributed by atoms with Crippen LogP contribution in [-0.2, 0) is 5.41 Å². The van der Waals surface area contributed by atoms with E-state index < -0.39 is 5.75 Å². The molecule has 0 saturated heterocycles. The summed E-state index contributed by atoms with van der Waals surface area (Å²) in [5, 5.41) is 41.3. The number of nitrogens with zero attached hydrogens (tertiary/aromatic N) is 1. The number of fused-ring (bicyclic) bond motifs is 9. The number of aromatic hydroxyl groups is 3. The van der Waals surface area contributed by atoms with Gasteiger partial charge >= 0.3 is 0 Å². The topological polar surface area (TPSA) is 90.2 Å². The second-order valence-electron chi connectivity index (χ2n) is 18.9. The summed E-state index contributed by atoms with van der Waals surface area (Å²) >= 11 is 0. The summed E-state index contributed by atoms with van der Waals surface area (Å²) in [5.41, 5.74) is 15.6. The lowest BCUT2D eigenvalue weighted by Crippen LogP contribution is -2.17. The third-order valence-corrected chi connectivity index (χ3v) is 14.6. The van der Waals surface area contributed by atoms with Crippen LogP contribution in [0.2, 0.25) is 0 Å². The minimum Gasteiger partial charge on any atom is -0.507 e. The van der Waals surface area contributed by atoms with E-state index in [2.05, 4.69) is 128 Å². The Labute approximate surface area is 404 Å². The van der Waals surface area contributed by atoms with Crippen molar-refractivity contribution < 1.29 is 24.2 Å². The number of hydrogen-bond donors (Lipinski definition) is 3. The number of phenolic OH excluding ortho intramolecular Hbond substituents is 3. The molecule has 0 spiro atoms. The van der Waals surface area contributed by atoms with Crippen molar-refractivity contribution in [3.05, 3.63) is 217 Å². The maximum Gasteiger partial charge on any atom is 0.169 e. The van der Waals surface area contributed by atoms with Crippen LogP contribution < -0.4 is 4.90 Å². The lowest BCUT2D eigenvalue weighted by atomic mass is 9.82. The van der Waals surface area contributed by atoms with E-state index >= 15 is 0 Å². The van der Waals surface area contributed by atoms with Gasteiger partial charge in [-0.3, -0.25) is 0 Å². The van der Waals surface area contributed by atoms with Crippen molar-refractivity contribution in [3.63, 3.8) is 0 Å². The highest BCUT2D eigenvalue weighted by atomic mass is 16.3. The van der Waals surface area contributed by atoms with E-state index in [-0.39, 0.29) is 28.0 Å². The number of rotatable bonds is 7. The molecule has 0 saturated carbocycles. The first-order valence-corrected chi connectivity index (χ1v) is 23.6. The summed E-state index contributed by atoms with van der Waals surface area (Å²) in [6, 6.07) is 67.8. The quantitative estimate of drug-likeness (QED) is 0.109. The van der Waals surface area contributed by atoms with Crippen LogP contribution in [0.3, 0.4) is 0 Å². The molecular formula is C64H45NO5. The molecule has 12 aromatic rings. The molecule has 0 radical (unpaired) electrons. The van der Waals surface area contributed by atoms with Gasteiger partial charge in [-0.05, 0) is 88.3 Å². The van der Waals surface area contributed by atoms with Gasteiger partial charge in [0.15, 0.2) is 11.5 Å². The lowest BCUT2D eigenvalue weighted by Gasteiger charge is -2.31. The van der Waals surface area contributed by atoms with E-state index in [1.165, 1.54) is 22.3 Å². The Kier molecular flexibility index (Phi) is 9.14. The Bertz CT molecular complexity index is 4060. The average Bonchev–Trinajstić information content (AvgIpc) is 4.05. The maximum absolute atomic E-state index is 12.6. The first-order valence-electron chi connectivity index (χ1n) is 23.6. The smallest absolute Gasteiger partial charge is 0.169 e. The van der Waals surface area contributed by atoms with Crippen LogP contribution in [0.15, 0.2) is 209 Å². The minimum absolute atomic E-state index is 0.109. The molecule has 3 N–H and O–H groups in total. The van der Waals surface area contributed by atoms with E-state index in [0.717, 1.165) is 66.3 Å². The molecule has 6 heteroatoms. The van der Waals surface area contributed by atoms with Gasteiger partial charge in [-0.25, -0.2) is 0 Å². The SMILES string of the molecule is Cc1c(O)c(-c2ccc(-c3ccccc3)cc2N(c2ccc(-c3cccc4c3oc3ccccc34)cc2)c2ccc3c(c2)C(C)(C)c2ccccc2-3)c(O)c(O)c1-c1cccc2c1oc1ccccc12. The fraction of sp³-hybridized carbons (Fsp3) is 0.0625. The zero-order valence-electron chi connectivity index (χ0n) is 38.7. The molecule has 0 unspecified atom stereocenters. The van der Waals surface area contributed by atoms with Crippen LogP contribution >= 0.6 is 0 Å². The van der Waals surface area contributed by atoms with Gasteiger partial charge in [-0.15, -0.1) is 0 Å². The van der Waals surface area contributed by atoms with E-state index in [1.54, 1.807) is 6.92 Å². The van der Waals surface area contributed by atoms with Crippen LogP contribution in [0.5, 0.6) is 17.2 Å². The molecule has 0 atom stereocenters. The van der Waals surface area contributed by atoms with Crippen LogP contribution in [0.25, 0.3) is 99.5 Å². The van der Waals surface area contributed by atoms with Gasteiger partial charge in [0.25, 0.3) is 0 Å². The third-order valence-electron chi connectivity index (χ3n) is 14.6. The molecule has 2 aromatic heterocycles. The maximum atomic E-state index is 12.6. The standard InChI is InChI=1S/C64H45NO5/c1-37-57(51-23-14-22-49-47-19-9-12-26-56(47)70-63(49)51)60(67)61(68)58(59(37)66)50-33-29-40(38-15-5-4-6-16-38)35-54(50)65(42-32-34-45-44-17-7-10-24-52(44)64(2,3)53(45)36-42)41-30-27-39(28-31-41)43-20-13-21-48-46-18-8-11-25-55(46)69-62(43)48/h4-36,66-68H,1-3H3. The van der Waals surface area contributed by atoms with Crippen LogP contribution in [0.4, 0.5) is 17.1 Å². The summed E-state index contributed by atoms with van der Waals surface area (Å²) in [5.74, 6) is -0.962.